The Labute approximate surface area is 311 Å². The van der Waals surface area contributed by atoms with Crippen molar-refractivity contribution in [1.82, 2.24) is 9.80 Å². The number of carbonyl (C=O) groups is 3. The Morgan fingerprint density at radius 1 is 1.02 bits per heavy atom. The SMILES string of the molecule is CC(=O)N1CCC2(CC1)CN(C(=O)OC(C)(C)C)C[C@@H](CCc1c(F)cccc1CC(=O)[C@@H](N=[N+]=[N-])[C@@H](c1ccc(Cl)cc1)c1cc(F)cc(F)c1)O2. The Balaban J connectivity index is 1.40. The molecule has 3 aromatic carbocycles. The number of nitrogens with zero attached hydrogens (tertiary/aromatic N) is 5. The summed E-state index contributed by atoms with van der Waals surface area (Å²) in [6.45, 7) is 8.28. The standard InChI is InChI=1S/C39H43ClF3N5O5/c1-24(49)47-16-14-39(15-17-47)23-48(37(51)53-38(2,3)4)22-31(52-39)12-13-32-26(6-5-7-33(32)43)20-34(50)36(45-46-44)35(25-8-10-28(40)11-9-25)27-18-29(41)21-30(42)19-27/h5-11,18-19,21,31,35-36H,12-17,20,22-23H2,1-4H3/t31-,35+,36-/m1/s1. The molecule has 10 nitrogen and oxygen atoms in total. The van der Waals surface area contributed by atoms with E-state index in [0.29, 0.717) is 48.1 Å². The Kier molecular flexibility index (Phi) is 12.4. The third-order valence-electron chi connectivity index (χ3n) is 9.68. The Hall–Kier alpha value is -4.58. The van der Waals surface area contributed by atoms with Crippen molar-refractivity contribution in [2.24, 2.45) is 5.11 Å². The lowest BCUT2D eigenvalue weighted by Gasteiger charge is -2.50. The van der Waals surface area contributed by atoms with Crippen LogP contribution in [0, 0.1) is 17.5 Å². The largest absolute Gasteiger partial charge is 0.444 e. The summed E-state index contributed by atoms with van der Waals surface area (Å²) < 4.78 is 56.9. The summed E-state index contributed by atoms with van der Waals surface area (Å²) >= 11 is 6.10. The molecule has 282 valence electrons. The van der Waals surface area contributed by atoms with Gasteiger partial charge in [0.1, 0.15) is 34.9 Å². The lowest BCUT2D eigenvalue weighted by molar-refractivity contribution is -0.176. The van der Waals surface area contributed by atoms with E-state index in [2.05, 4.69) is 10.0 Å². The van der Waals surface area contributed by atoms with Crippen molar-refractivity contribution >= 4 is 29.4 Å². The molecular formula is C39H43ClF3N5O5. The molecule has 53 heavy (non-hydrogen) atoms. The van der Waals surface area contributed by atoms with Crippen LogP contribution in [0.1, 0.15) is 75.1 Å². The molecule has 5 rings (SSSR count). The molecule has 0 radical (unpaired) electrons. The molecule has 0 N–H and O–H groups in total. The van der Waals surface area contributed by atoms with E-state index in [-0.39, 0.29) is 49.4 Å². The van der Waals surface area contributed by atoms with Crippen LogP contribution in [0.25, 0.3) is 10.4 Å². The zero-order valence-corrected chi connectivity index (χ0v) is 30.9. The fraction of sp³-hybridized carbons (Fsp3) is 0.462. The van der Waals surface area contributed by atoms with Crippen LogP contribution in [0.4, 0.5) is 18.0 Å². The fourth-order valence-electron chi connectivity index (χ4n) is 7.21. The predicted octanol–water partition coefficient (Wildman–Crippen LogP) is 8.33. The van der Waals surface area contributed by atoms with E-state index in [1.165, 1.54) is 19.1 Å². The third kappa shape index (κ3) is 10.1. The van der Waals surface area contributed by atoms with Gasteiger partial charge in [0.15, 0.2) is 0 Å². The second-order valence-corrected chi connectivity index (χ2v) is 15.2. The number of ether oxygens (including phenoxy) is 2. The van der Waals surface area contributed by atoms with Crippen LogP contribution in [0.5, 0.6) is 0 Å². The maximum absolute atomic E-state index is 15.6. The summed E-state index contributed by atoms with van der Waals surface area (Å²) in [7, 11) is 0. The van der Waals surface area contributed by atoms with Crippen LogP contribution >= 0.6 is 11.6 Å². The molecule has 0 aromatic heterocycles. The first-order valence-electron chi connectivity index (χ1n) is 17.5. The van der Waals surface area contributed by atoms with E-state index in [1.807, 2.05) is 0 Å². The summed E-state index contributed by atoms with van der Waals surface area (Å²) in [5, 5.41) is 4.19. The quantitative estimate of drug-likeness (QED) is 0.117. The van der Waals surface area contributed by atoms with Crippen LogP contribution in [0.2, 0.25) is 5.02 Å². The summed E-state index contributed by atoms with van der Waals surface area (Å²) in [5.41, 5.74) is 9.19. The van der Waals surface area contributed by atoms with Gasteiger partial charge in [-0.2, -0.15) is 0 Å². The number of amides is 2. The topological polar surface area (TPSA) is 125 Å². The highest BCUT2D eigenvalue weighted by Gasteiger charge is 2.45. The maximum Gasteiger partial charge on any atom is 0.410 e. The van der Waals surface area contributed by atoms with Crippen molar-refractivity contribution < 1.29 is 37.0 Å². The number of piperidine rings is 1. The second kappa shape index (κ2) is 16.6. The molecule has 2 amide bonds. The number of ketones is 1. The Morgan fingerprint density at radius 3 is 2.28 bits per heavy atom. The number of rotatable bonds is 10. The van der Waals surface area contributed by atoms with E-state index < -0.39 is 58.6 Å². The second-order valence-electron chi connectivity index (χ2n) is 14.7. The zero-order valence-electron chi connectivity index (χ0n) is 30.2. The van der Waals surface area contributed by atoms with Gasteiger partial charge >= 0.3 is 6.09 Å². The molecule has 2 heterocycles. The normalized spacial score (nSPS) is 18.2. The Bertz CT molecular complexity index is 1850. The number of hydrogen-bond acceptors (Lipinski definition) is 6. The Morgan fingerprint density at radius 2 is 1.68 bits per heavy atom. The van der Waals surface area contributed by atoms with Gasteiger partial charge in [-0.3, -0.25) is 9.59 Å². The third-order valence-corrected chi connectivity index (χ3v) is 9.94. The van der Waals surface area contributed by atoms with Crippen LogP contribution in [-0.2, 0) is 31.9 Å². The first kappa shape index (κ1) is 39.6. The molecule has 3 atom stereocenters. The van der Waals surface area contributed by atoms with Crippen LogP contribution in [-0.4, -0.2) is 77.1 Å². The van der Waals surface area contributed by atoms with Gasteiger partial charge in [-0.05, 0) is 105 Å². The van der Waals surface area contributed by atoms with Gasteiger partial charge in [-0.25, -0.2) is 18.0 Å². The van der Waals surface area contributed by atoms with Crippen molar-refractivity contribution in [2.75, 3.05) is 26.2 Å². The molecule has 2 fully saturated rings. The molecule has 2 aliphatic heterocycles. The number of benzene rings is 3. The summed E-state index contributed by atoms with van der Waals surface area (Å²) in [6.07, 6.45) is 0.0816. The minimum absolute atomic E-state index is 0.0388. The first-order chi connectivity index (χ1) is 25.1. The average molecular weight is 754 g/mol. The van der Waals surface area contributed by atoms with Gasteiger partial charge in [0.05, 0.1) is 24.8 Å². The number of morpholine rings is 1. The van der Waals surface area contributed by atoms with Crippen LogP contribution < -0.4 is 0 Å². The molecular weight excluding hydrogens is 711 g/mol. The summed E-state index contributed by atoms with van der Waals surface area (Å²) in [5.74, 6) is -4.03. The molecule has 0 bridgehead atoms. The summed E-state index contributed by atoms with van der Waals surface area (Å²) in [4.78, 5) is 45.7. The van der Waals surface area contributed by atoms with Gasteiger partial charge in [-0.15, -0.1) is 0 Å². The zero-order chi connectivity index (χ0) is 38.5. The monoisotopic (exact) mass is 753 g/mol. The number of azide groups is 1. The van der Waals surface area contributed by atoms with E-state index in [9.17, 15) is 28.7 Å². The molecule has 0 unspecified atom stereocenters. The number of carbonyl (C=O) groups excluding carboxylic acids is 3. The van der Waals surface area contributed by atoms with Gasteiger partial charge in [-0.1, -0.05) is 41.0 Å². The van der Waals surface area contributed by atoms with Crippen molar-refractivity contribution in [1.29, 1.82) is 0 Å². The average Bonchev–Trinajstić information content (AvgIpc) is 3.07. The first-order valence-corrected chi connectivity index (χ1v) is 17.9. The highest BCUT2D eigenvalue weighted by molar-refractivity contribution is 6.30. The lowest BCUT2D eigenvalue weighted by Crippen LogP contribution is -2.61. The molecule has 0 aliphatic carbocycles. The maximum atomic E-state index is 15.6. The van der Waals surface area contributed by atoms with Crippen molar-refractivity contribution in [2.45, 2.75) is 89.1 Å². The van der Waals surface area contributed by atoms with E-state index in [0.717, 1.165) is 12.1 Å². The fourth-order valence-corrected chi connectivity index (χ4v) is 7.33. The minimum atomic E-state index is -1.46. The highest BCUT2D eigenvalue weighted by atomic mass is 35.5. The smallest absolute Gasteiger partial charge is 0.410 e. The van der Waals surface area contributed by atoms with Crippen LogP contribution in [0.3, 0.4) is 0 Å². The number of Topliss-reactive ketones (excluding diaryl/α,β-unsaturated/α-hetero) is 1. The lowest BCUT2D eigenvalue weighted by atomic mass is 9.81. The molecule has 2 saturated heterocycles. The van der Waals surface area contributed by atoms with Crippen molar-refractivity contribution in [3.8, 4) is 0 Å². The summed E-state index contributed by atoms with van der Waals surface area (Å²) in [6, 6.07) is 12.0. The number of halogens is 4. The molecule has 1 spiro atoms. The molecule has 14 heteroatoms. The number of likely N-dealkylation sites (tertiary alicyclic amines) is 1. The highest BCUT2D eigenvalue weighted by Crippen LogP contribution is 2.36. The van der Waals surface area contributed by atoms with E-state index in [4.69, 9.17) is 21.1 Å². The van der Waals surface area contributed by atoms with E-state index in [1.54, 1.807) is 60.9 Å². The number of hydrogen-bond donors (Lipinski definition) is 0. The predicted molar refractivity (Wildman–Crippen MR) is 193 cm³/mol. The molecule has 3 aromatic rings. The van der Waals surface area contributed by atoms with Gasteiger partial charge in [0.25, 0.3) is 0 Å². The minimum Gasteiger partial charge on any atom is -0.444 e. The molecule has 0 saturated carbocycles. The van der Waals surface area contributed by atoms with Crippen molar-refractivity contribution in [3.63, 3.8) is 0 Å². The van der Waals surface area contributed by atoms with Crippen LogP contribution in [0.15, 0.2) is 65.8 Å². The molecule has 2 aliphatic rings. The van der Waals surface area contributed by atoms with Gasteiger partial charge in [0.2, 0.25) is 5.91 Å². The van der Waals surface area contributed by atoms with Gasteiger partial charge in [0, 0.05) is 48.4 Å². The van der Waals surface area contributed by atoms with E-state index >= 15 is 4.39 Å². The van der Waals surface area contributed by atoms with Gasteiger partial charge < -0.3 is 19.3 Å². The van der Waals surface area contributed by atoms with Crippen molar-refractivity contribution in [3.05, 3.63) is 116 Å².